The summed E-state index contributed by atoms with van der Waals surface area (Å²) in [6.07, 6.45) is 1.53. The number of nitrogens with zero attached hydrogens (tertiary/aromatic N) is 1. The van der Waals surface area contributed by atoms with Crippen LogP contribution in [0.4, 0.5) is 0 Å². The molecule has 1 aromatic heterocycles. The Labute approximate surface area is 119 Å². The highest BCUT2D eigenvalue weighted by atomic mass is 35.5. The topological polar surface area (TPSA) is 48.4 Å². The van der Waals surface area contributed by atoms with E-state index in [2.05, 4.69) is 4.98 Å². The predicted octanol–water partition coefficient (Wildman–Crippen LogP) is 3.37. The molecule has 0 radical (unpaired) electrons. The second-order valence-corrected chi connectivity index (χ2v) is 4.35. The summed E-state index contributed by atoms with van der Waals surface area (Å²) < 4.78 is 10.2. The molecule has 0 fully saturated rings. The highest BCUT2D eigenvalue weighted by Crippen LogP contribution is 2.27. The number of aromatic nitrogens is 1. The van der Waals surface area contributed by atoms with Crippen LogP contribution in [0.1, 0.15) is 0 Å². The van der Waals surface area contributed by atoms with Gasteiger partial charge < -0.3 is 9.47 Å². The molecular weight excluding hydrogens is 289 g/mol. The van der Waals surface area contributed by atoms with E-state index in [1.807, 2.05) is 0 Å². The molecule has 98 valence electrons. The summed E-state index contributed by atoms with van der Waals surface area (Å²) in [6, 6.07) is 9.75. The molecule has 19 heavy (non-hydrogen) atoms. The fourth-order valence-corrected chi connectivity index (χ4v) is 1.75. The Kier molecular flexibility index (Phi) is 4.60. The van der Waals surface area contributed by atoms with Crippen LogP contribution < -0.4 is 9.47 Å². The van der Waals surface area contributed by atoms with Crippen molar-refractivity contribution in [3.63, 3.8) is 0 Å². The van der Waals surface area contributed by atoms with Gasteiger partial charge in [0.2, 0.25) is 5.88 Å². The van der Waals surface area contributed by atoms with Gasteiger partial charge in [0.15, 0.2) is 6.61 Å². The normalized spacial score (nSPS) is 10.0. The first kappa shape index (κ1) is 13.6. The molecule has 0 atom stereocenters. The third-order valence-corrected chi connectivity index (χ3v) is 2.63. The lowest BCUT2D eigenvalue weighted by Crippen LogP contribution is -2.18. The molecule has 2 rings (SSSR count). The van der Waals surface area contributed by atoms with E-state index >= 15 is 0 Å². The molecule has 0 aliphatic carbocycles. The van der Waals surface area contributed by atoms with Crippen LogP contribution in [-0.2, 0) is 4.79 Å². The number of rotatable bonds is 4. The zero-order valence-electron chi connectivity index (χ0n) is 9.68. The molecule has 6 heteroatoms. The molecule has 0 N–H and O–H groups in total. The number of ether oxygens (including phenoxy) is 2. The zero-order chi connectivity index (χ0) is 13.7. The van der Waals surface area contributed by atoms with Crippen molar-refractivity contribution in [2.45, 2.75) is 0 Å². The Morgan fingerprint density at radius 3 is 2.74 bits per heavy atom. The summed E-state index contributed by atoms with van der Waals surface area (Å²) in [7, 11) is 0. The largest absolute Gasteiger partial charge is 0.480 e. The molecule has 4 nitrogen and oxygen atoms in total. The maximum absolute atomic E-state index is 11.5. The lowest BCUT2D eigenvalue weighted by atomic mass is 10.3. The van der Waals surface area contributed by atoms with Gasteiger partial charge in [0.25, 0.3) is 0 Å². The summed E-state index contributed by atoms with van der Waals surface area (Å²) in [5.41, 5.74) is 0. The van der Waals surface area contributed by atoms with Crippen LogP contribution in [0.5, 0.6) is 11.6 Å². The van der Waals surface area contributed by atoms with Crippen LogP contribution in [0.25, 0.3) is 0 Å². The van der Waals surface area contributed by atoms with Gasteiger partial charge in [-0.1, -0.05) is 29.3 Å². The molecule has 0 amide bonds. The molecule has 1 heterocycles. The van der Waals surface area contributed by atoms with Crippen molar-refractivity contribution < 1.29 is 14.3 Å². The standard InChI is InChI=1S/C13H9Cl2NO3/c14-9-4-5-11(10(15)7-9)18-8-13(17)19-12-3-1-2-6-16-12/h1-7H,8H2. The first-order chi connectivity index (χ1) is 9.15. The van der Waals surface area contributed by atoms with E-state index in [0.717, 1.165) is 0 Å². The van der Waals surface area contributed by atoms with Crippen LogP contribution in [0.2, 0.25) is 10.0 Å². The fourth-order valence-electron chi connectivity index (χ4n) is 1.28. The van der Waals surface area contributed by atoms with Gasteiger partial charge in [-0.25, -0.2) is 9.78 Å². The third kappa shape index (κ3) is 4.12. The monoisotopic (exact) mass is 297 g/mol. The molecular formula is C13H9Cl2NO3. The van der Waals surface area contributed by atoms with Crippen LogP contribution in [-0.4, -0.2) is 17.6 Å². The molecule has 0 saturated carbocycles. The van der Waals surface area contributed by atoms with Gasteiger partial charge in [-0.3, -0.25) is 0 Å². The maximum Gasteiger partial charge on any atom is 0.350 e. The maximum atomic E-state index is 11.5. The zero-order valence-corrected chi connectivity index (χ0v) is 11.2. The van der Waals surface area contributed by atoms with E-state index < -0.39 is 5.97 Å². The van der Waals surface area contributed by atoms with E-state index in [-0.39, 0.29) is 12.5 Å². The molecule has 0 saturated heterocycles. The van der Waals surface area contributed by atoms with Gasteiger partial charge in [0, 0.05) is 17.3 Å². The summed E-state index contributed by atoms with van der Waals surface area (Å²) >= 11 is 11.6. The Bertz CT molecular complexity index is 575. The van der Waals surface area contributed by atoms with Crippen LogP contribution in [0.3, 0.4) is 0 Å². The minimum Gasteiger partial charge on any atom is -0.480 e. The van der Waals surface area contributed by atoms with Gasteiger partial charge in [0.1, 0.15) is 5.75 Å². The molecule has 2 aromatic rings. The third-order valence-electron chi connectivity index (χ3n) is 2.10. The number of carbonyl (C=O) groups is 1. The first-order valence-corrected chi connectivity index (χ1v) is 6.10. The van der Waals surface area contributed by atoms with Crippen LogP contribution in [0, 0.1) is 0 Å². The second kappa shape index (κ2) is 6.41. The summed E-state index contributed by atoms with van der Waals surface area (Å²) in [4.78, 5) is 15.4. The highest BCUT2D eigenvalue weighted by Gasteiger charge is 2.09. The highest BCUT2D eigenvalue weighted by molar-refractivity contribution is 6.35. The fraction of sp³-hybridized carbons (Fsp3) is 0.0769. The summed E-state index contributed by atoms with van der Waals surface area (Å²) in [6.45, 7) is -0.266. The van der Waals surface area contributed by atoms with Gasteiger partial charge in [-0.15, -0.1) is 0 Å². The predicted molar refractivity (Wildman–Crippen MR) is 71.8 cm³/mol. The number of halogens is 2. The van der Waals surface area contributed by atoms with E-state index in [1.54, 1.807) is 30.3 Å². The first-order valence-electron chi connectivity index (χ1n) is 5.35. The molecule has 0 aliphatic heterocycles. The van der Waals surface area contributed by atoms with Crippen molar-refractivity contribution in [1.82, 2.24) is 4.98 Å². The second-order valence-electron chi connectivity index (χ2n) is 3.51. The minimum atomic E-state index is -0.565. The Hall–Kier alpha value is -1.78. The van der Waals surface area contributed by atoms with Crippen molar-refractivity contribution in [3.8, 4) is 11.6 Å². The van der Waals surface area contributed by atoms with Gasteiger partial charge in [0.05, 0.1) is 5.02 Å². The smallest absolute Gasteiger partial charge is 0.350 e. The van der Waals surface area contributed by atoms with Gasteiger partial charge >= 0.3 is 5.97 Å². The van der Waals surface area contributed by atoms with Gasteiger partial charge in [-0.2, -0.15) is 0 Å². The van der Waals surface area contributed by atoms with Crippen LogP contribution >= 0.6 is 23.2 Å². The average Bonchev–Trinajstić information content (AvgIpc) is 2.39. The van der Waals surface area contributed by atoms with Crippen LogP contribution in [0.15, 0.2) is 42.6 Å². The average molecular weight is 298 g/mol. The lowest BCUT2D eigenvalue weighted by molar-refractivity contribution is -0.136. The Morgan fingerprint density at radius 1 is 1.21 bits per heavy atom. The number of esters is 1. The van der Waals surface area contributed by atoms with E-state index in [9.17, 15) is 4.79 Å². The molecule has 0 unspecified atom stereocenters. The Balaban J connectivity index is 1.90. The lowest BCUT2D eigenvalue weighted by Gasteiger charge is -2.07. The van der Waals surface area contributed by atoms with E-state index in [4.69, 9.17) is 32.7 Å². The molecule has 0 spiro atoms. The van der Waals surface area contributed by atoms with E-state index in [1.165, 1.54) is 12.3 Å². The van der Waals surface area contributed by atoms with Crippen molar-refractivity contribution in [2.24, 2.45) is 0 Å². The van der Waals surface area contributed by atoms with Gasteiger partial charge in [-0.05, 0) is 24.3 Å². The summed E-state index contributed by atoms with van der Waals surface area (Å²) in [5.74, 6) is 0.0204. The number of carbonyl (C=O) groups excluding carboxylic acids is 1. The van der Waals surface area contributed by atoms with Crippen molar-refractivity contribution in [3.05, 3.63) is 52.6 Å². The van der Waals surface area contributed by atoms with Crippen molar-refractivity contribution >= 4 is 29.2 Å². The Morgan fingerprint density at radius 2 is 2.05 bits per heavy atom. The number of pyridine rings is 1. The van der Waals surface area contributed by atoms with Crippen molar-refractivity contribution in [2.75, 3.05) is 6.61 Å². The molecule has 1 aromatic carbocycles. The van der Waals surface area contributed by atoms with Crippen molar-refractivity contribution in [1.29, 1.82) is 0 Å². The van der Waals surface area contributed by atoms with E-state index in [0.29, 0.717) is 15.8 Å². The summed E-state index contributed by atoms with van der Waals surface area (Å²) in [5, 5.41) is 0.826. The minimum absolute atomic E-state index is 0.221. The number of hydrogen-bond donors (Lipinski definition) is 0. The SMILES string of the molecule is O=C(COc1ccc(Cl)cc1Cl)Oc1ccccn1. The molecule has 0 aliphatic rings. The number of hydrogen-bond acceptors (Lipinski definition) is 4. The molecule has 0 bridgehead atoms. The number of benzene rings is 1. The quantitative estimate of drug-likeness (QED) is 0.812.